The fourth-order valence-corrected chi connectivity index (χ4v) is 5.78. The predicted octanol–water partition coefficient (Wildman–Crippen LogP) is 8.76. The number of nitrogens with zero attached hydrogens (tertiary/aromatic N) is 2. The number of ether oxygens (including phenoxy) is 1. The number of rotatable bonds is 7. The van der Waals surface area contributed by atoms with Crippen LogP contribution in [0.1, 0.15) is 12.5 Å². The molecule has 1 N–H and O–H groups in total. The van der Waals surface area contributed by atoms with Crippen LogP contribution in [0, 0.1) is 0 Å². The van der Waals surface area contributed by atoms with Gasteiger partial charge in [0.2, 0.25) is 0 Å². The molecule has 0 aliphatic carbocycles. The van der Waals surface area contributed by atoms with E-state index >= 15 is 0 Å². The lowest BCUT2D eigenvalue weighted by molar-refractivity contribution is -0.115. The highest BCUT2D eigenvalue weighted by molar-refractivity contribution is 8.18. The lowest BCUT2D eigenvalue weighted by atomic mass is 10.1. The molecule has 1 fully saturated rings. The van der Waals surface area contributed by atoms with Gasteiger partial charge in [-0.3, -0.25) is 4.79 Å². The average molecular weight is 576 g/mol. The molecule has 0 bridgehead atoms. The van der Waals surface area contributed by atoms with Crippen LogP contribution in [0.2, 0.25) is 5.02 Å². The van der Waals surface area contributed by atoms with Crippen LogP contribution < -0.4 is 10.1 Å². The standard InChI is InChI=1S/C34H26ClN3O2S/c1-2-40-29-18-16-28(17-19-29)38-30(23-10-5-3-6-11-23)20-25(32(38)24-12-7-4-8-13-24)21-31-33(39)37-34(41-31)36-27-15-9-14-26(35)22-27/h3-22H,2H2,1H3,(H,36,37,39)/b31-21+. The van der Waals surface area contributed by atoms with E-state index in [1.54, 1.807) is 12.1 Å². The number of aliphatic imine (C=N–C) groups is 1. The molecule has 5 aromatic rings. The minimum Gasteiger partial charge on any atom is -0.494 e. The highest BCUT2D eigenvalue weighted by Gasteiger charge is 2.26. The molecule has 1 amide bonds. The zero-order chi connectivity index (χ0) is 28.2. The van der Waals surface area contributed by atoms with Crippen molar-refractivity contribution in [3.63, 3.8) is 0 Å². The Bertz CT molecular complexity index is 1760. The minimum absolute atomic E-state index is 0.190. The van der Waals surface area contributed by atoms with E-state index in [1.807, 2.05) is 73.7 Å². The van der Waals surface area contributed by atoms with Crippen LogP contribution in [0.4, 0.5) is 5.69 Å². The van der Waals surface area contributed by atoms with Crippen molar-refractivity contribution in [2.75, 3.05) is 6.61 Å². The molecular formula is C34H26ClN3O2S. The molecule has 5 nitrogen and oxygen atoms in total. The van der Waals surface area contributed by atoms with Crippen molar-refractivity contribution in [2.24, 2.45) is 4.99 Å². The van der Waals surface area contributed by atoms with Crippen LogP contribution in [0.3, 0.4) is 0 Å². The van der Waals surface area contributed by atoms with E-state index in [0.717, 1.165) is 39.5 Å². The quantitative estimate of drug-likeness (QED) is 0.197. The second kappa shape index (κ2) is 11.9. The summed E-state index contributed by atoms with van der Waals surface area (Å²) in [5.74, 6) is 0.628. The Morgan fingerprint density at radius 2 is 1.59 bits per heavy atom. The maximum absolute atomic E-state index is 13.1. The van der Waals surface area contributed by atoms with E-state index in [4.69, 9.17) is 16.3 Å². The van der Waals surface area contributed by atoms with Gasteiger partial charge in [-0.1, -0.05) is 78.3 Å². The molecule has 0 spiro atoms. The lowest BCUT2D eigenvalue weighted by Crippen LogP contribution is -2.19. The summed E-state index contributed by atoms with van der Waals surface area (Å²) in [6.07, 6.45) is 1.94. The number of carbonyl (C=O) groups is 1. The van der Waals surface area contributed by atoms with Gasteiger partial charge in [-0.2, -0.15) is 0 Å². The molecule has 1 aliphatic heterocycles. The summed E-state index contributed by atoms with van der Waals surface area (Å²) in [4.78, 5) is 18.2. The maximum Gasteiger partial charge on any atom is 0.264 e. The molecule has 7 heteroatoms. The molecule has 0 saturated carbocycles. The molecule has 6 rings (SSSR count). The smallest absolute Gasteiger partial charge is 0.264 e. The summed E-state index contributed by atoms with van der Waals surface area (Å²) >= 11 is 7.44. The van der Waals surface area contributed by atoms with Gasteiger partial charge in [-0.05, 0) is 84.4 Å². The third-order valence-electron chi connectivity index (χ3n) is 6.53. The summed E-state index contributed by atoms with van der Waals surface area (Å²) in [6.45, 7) is 2.58. The number of hydrogen-bond acceptors (Lipinski definition) is 4. The van der Waals surface area contributed by atoms with Crippen molar-refractivity contribution in [3.8, 4) is 34.0 Å². The van der Waals surface area contributed by atoms with Crippen LogP contribution in [-0.2, 0) is 4.79 Å². The Morgan fingerprint density at radius 3 is 2.27 bits per heavy atom. The van der Waals surface area contributed by atoms with Gasteiger partial charge in [0.1, 0.15) is 5.75 Å². The van der Waals surface area contributed by atoms with Gasteiger partial charge in [0.15, 0.2) is 5.17 Å². The SMILES string of the molecule is CCOc1ccc(-n2c(-c3ccccc3)cc(/C=C3/SC(=Nc4cccc(Cl)c4)NC3=O)c2-c2ccccc2)cc1. The van der Waals surface area contributed by atoms with Gasteiger partial charge in [-0.25, -0.2) is 4.99 Å². The molecule has 202 valence electrons. The van der Waals surface area contributed by atoms with Crippen molar-refractivity contribution in [3.05, 3.63) is 131 Å². The largest absolute Gasteiger partial charge is 0.494 e. The first kappa shape index (κ1) is 26.7. The summed E-state index contributed by atoms with van der Waals surface area (Å²) in [6, 6.07) is 38.0. The second-order valence-electron chi connectivity index (χ2n) is 9.29. The number of nitrogens with one attached hydrogen (secondary N) is 1. The van der Waals surface area contributed by atoms with Crippen LogP contribution in [0.15, 0.2) is 125 Å². The average Bonchev–Trinajstić information content (AvgIpc) is 3.54. The number of halogens is 1. The van der Waals surface area contributed by atoms with Crippen LogP contribution in [-0.4, -0.2) is 22.2 Å². The van der Waals surface area contributed by atoms with Crippen molar-refractivity contribution in [1.82, 2.24) is 9.88 Å². The van der Waals surface area contributed by atoms with E-state index in [9.17, 15) is 4.79 Å². The second-order valence-corrected chi connectivity index (χ2v) is 10.8. The number of carbonyl (C=O) groups excluding carboxylic acids is 1. The summed E-state index contributed by atoms with van der Waals surface area (Å²) in [5.41, 5.74) is 6.68. The fourth-order valence-electron chi connectivity index (χ4n) is 4.76. The number of amidine groups is 1. The summed E-state index contributed by atoms with van der Waals surface area (Å²) in [5, 5.41) is 4.00. The van der Waals surface area contributed by atoms with Crippen molar-refractivity contribution >= 4 is 46.2 Å². The first-order valence-corrected chi connectivity index (χ1v) is 14.4. The number of hydrogen-bond donors (Lipinski definition) is 1. The molecule has 1 saturated heterocycles. The van der Waals surface area contributed by atoms with Gasteiger partial charge in [0.05, 0.1) is 28.6 Å². The highest BCUT2D eigenvalue weighted by Crippen LogP contribution is 2.39. The Labute approximate surface area is 248 Å². The topological polar surface area (TPSA) is 55.6 Å². The number of benzene rings is 4. The Hall–Kier alpha value is -4.52. The third kappa shape index (κ3) is 5.85. The Morgan fingerprint density at radius 1 is 0.878 bits per heavy atom. The van der Waals surface area contributed by atoms with Crippen LogP contribution in [0.5, 0.6) is 5.75 Å². The van der Waals surface area contributed by atoms with E-state index in [2.05, 4.69) is 57.3 Å². The Balaban J connectivity index is 1.51. The lowest BCUT2D eigenvalue weighted by Gasteiger charge is -2.16. The molecule has 1 aromatic heterocycles. The zero-order valence-electron chi connectivity index (χ0n) is 22.3. The molecule has 41 heavy (non-hydrogen) atoms. The maximum atomic E-state index is 13.1. The van der Waals surface area contributed by atoms with E-state index in [-0.39, 0.29) is 5.91 Å². The third-order valence-corrected chi connectivity index (χ3v) is 7.67. The van der Waals surface area contributed by atoms with E-state index in [1.165, 1.54) is 11.8 Å². The zero-order valence-corrected chi connectivity index (χ0v) is 23.8. The van der Waals surface area contributed by atoms with E-state index in [0.29, 0.717) is 27.4 Å². The van der Waals surface area contributed by atoms with Gasteiger partial charge in [-0.15, -0.1) is 0 Å². The van der Waals surface area contributed by atoms with Gasteiger partial charge < -0.3 is 14.6 Å². The first-order chi connectivity index (χ1) is 20.1. The van der Waals surface area contributed by atoms with E-state index < -0.39 is 0 Å². The fraction of sp³-hybridized carbons (Fsp3) is 0.0588. The van der Waals surface area contributed by atoms with Gasteiger partial charge in [0.25, 0.3) is 5.91 Å². The molecule has 1 aliphatic rings. The molecule has 0 unspecified atom stereocenters. The summed E-state index contributed by atoms with van der Waals surface area (Å²) in [7, 11) is 0. The van der Waals surface area contributed by atoms with Gasteiger partial charge >= 0.3 is 0 Å². The molecular weight excluding hydrogens is 550 g/mol. The molecule has 4 aromatic carbocycles. The monoisotopic (exact) mass is 575 g/mol. The highest BCUT2D eigenvalue weighted by atomic mass is 35.5. The van der Waals surface area contributed by atoms with Crippen molar-refractivity contribution in [1.29, 1.82) is 0 Å². The van der Waals surface area contributed by atoms with Crippen LogP contribution >= 0.6 is 23.4 Å². The molecule has 2 heterocycles. The predicted molar refractivity (Wildman–Crippen MR) is 170 cm³/mol. The number of amides is 1. The molecule has 0 atom stereocenters. The van der Waals surface area contributed by atoms with Crippen molar-refractivity contribution < 1.29 is 9.53 Å². The first-order valence-electron chi connectivity index (χ1n) is 13.2. The van der Waals surface area contributed by atoms with Crippen LogP contribution in [0.25, 0.3) is 34.3 Å². The van der Waals surface area contributed by atoms with Crippen molar-refractivity contribution in [2.45, 2.75) is 6.92 Å². The van der Waals surface area contributed by atoms with Gasteiger partial charge in [0, 0.05) is 16.3 Å². The minimum atomic E-state index is -0.190. The normalized spacial score (nSPS) is 14.9. The Kier molecular flexibility index (Phi) is 7.76. The summed E-state index contributed by atoms with van der Waals surface area (Å²) < 4.78 is 7.95. The number of aromatic nitrogens is 1. The molecule has 0 radical (unpaired) electrons. The number of thioether (sulfide) groups is 1.